The predicted octanol–water partition coefficient (Wildman–Crippen LogP) is 4.20. The van der Waals surface area contributed by atoms with Gasteiger partial charge in [0, 0.05) is 24.4 Å². The van der Waals surface area contributed by atoms with Gasteiger partial charge in [-0.3, -0.25) is 4.79 Å². The van der Waals surface area contributed by atoms with Gasteiger partial charge in [0.15, 0.2) is 0 Å². The number of nitrogens with zero attached hydrogens (tertiary/aromatic N) is 2. The molecule has 0 atom stereocenters. The molecule has 0 unspecified atom stereocenters. The second kappa shape index (κ2) is 9.80. The topological polar surface area (TPSA) is 45.2 Å². The minimum Gasteiger partial charge on any atom is -0.355 e. The largest absolute Gasteiger partial charge is 0.355 e. The van der Waals surface area contributed by atoms with Gasteiger partial charge in [-0.25, -0.2) is 4.98 Å². The number of amides is 1. The molecule has 0 spiro atoms. The Hall–Kier alpha value is -2.24. The predicted molar refractivity (Wildman–Crippen MR) is 118 cm³/mol. The maximum absolute atomic E-state index is 12.3. The van der Waals surface area contributed by atoms with Gasteiger partial charge in [0.25, 0.3) is 0 Å². The highest BCUT2D eigenvalue weighted by atomic mass is 32.1. The van der Waals surface area contributed by atoms with E-state index in [-0.39, 0.29) is 5.91 Å². The van der Waals surface area contributed by atoms with E-state index in [0.717, 1.165) is 41.6 Å². The van der Waals surface area contributed by atoms with Crippen LogP contribution in [0.2, 0.25) is 0 Å². The first-order chi connectivity index (χ1) is 13.6. The minimum absolute atomic E-state index is 0.0793. The van der Waals surface area contributed by atoms with Crippen LogP contribution in [-0.2, 0) is 17.6 Å². The number of hydrogen-bond donors (Lipinski definition) is 1. The number of nitrogens with one attached hydrogen (secondary N) is 1. The number of aryl methyl sites for hydroxylation is 1. The molecule has 3 rings (SSSR count). The van der Waals surface area contributed by atoms with Gasteiger partial charge in [0.1, 0.15) is 0 Å². The molecule has 2 aromatic carbocycles. The Labute approximate surface area is 171 Å². The van der Waals surface area contributed by atoms with Gasteiger partial charge in [0.05, 0.1) is 17.1 Å². The summed E-state index contributed by atoms with van der Waals surface area (Å²) in [6.07, 6.45) is 1.22. The van der Waals surface area contributed by atoms with Crippen LogP contribution in [-0.4, -0.2) is 42.0 Å². The van der Waals surface area contributed by atoms with E-state index in [0.29, 0.717) is 13.0 Å². The number of thiazole rings is 1. The molecule has 0 saturated heterocycles. The van der Waals surface area contributed by atoms with Gasteiger partial charge in [-0.15, -0.1) is 11.3 Å². The van der Waals surface area contributed by atoms with Crippen LogP contribution in [0.15, 0.2) is 42.5 Å². The standard InChI is InChI=1S/C23H29N3OS/c1-4-26(5-2)14-13-24-22(27)16-21-17(3)25-23(28-21)15-19-11-8-10-18-9-6-7-12-20(18)19/h6-12H,4-5,13-16H2,1-3H3,(H,24,27). The number of likely N-dealkylation sites (N-methyl/N-ethyl adjacent to an activating group) is 1. The Morgan fingerprint density at radius 2 is 1.86 bits per heavy atom. The molecule has 1 aromatic heterocycles. The highest BCUT2D eigenvalue weighted by molar-refractivity contribution is 7.11. The zero-order valence-corrected chi connectivity index (χ0v) is 17.8. The van der Waals surface area contributed by atoms with Crippen molar-refractivity contribution in [3.05, 3.63) is 63.6 Å². The minimum atomic E-state index is 0.0793. The number of rotatable bonds is 9. The lowest BCUT2D eigenvalue weighted by Crippen LogP contribution is -2.35. The third-order valence-electron chi connectivity index (χ3n) is 5.12. The average Bonchev–Trinajstić information content (AvgIpc) is 3.04. The summed E-state index contributed by atoms with van der Waals surface area (Å²) in [6.45, 7) is 9.90. The number of benzene rings is 2. The molecule has 28 heavy (non-hydrogen) atoms. The number of fused-ring (bicyclic) bond motifs is 1. The van der Waals surface area contributed by atoms with Gasteiger partial charge >= 0.3 is 0 Å². The highest BCUT2D eigenvalue weighted by Crippen LogP contribution is 2.25. The van der Waals surface area contributed by atoms with Gasteiger partial charge in [-0.1, -0.05) is 56.3 Å². The van der Waals surface area contributed by atoms with Crippen LogP contribution in [0.25, 0.3) is 10.8 Å². The lowest BCUT2D eigenvalue weighted by molar-refractivity contribution is -0.120. The van der Waals surface area contributed by atoms with Crippen molar-refractivity contribution in [1.29, 1.82) is 0 Å². The maximum atomic E-state index is 12.3. The fourth-order valence-corrected chi connectivity index (χ4v) is 4.53. The van der Waals surface area contributed by atoms with E-state index >= 15 is 0 Å². The van der Waals surface area contributed by atoms with Crippen molar-refractivity contribution >= 4 is 28.0 Å². The first-order valence-corrected chi connectivity index (χ1v) is 10.8. The summed E-state index contributed by atoms with van der Waals surface area (Å²) < 4.78 is 0. The van der Waals surface area contributed by atoms with Crippen molar-refractivity contribution in [2.75, 3.05) is 26.2 Å². The summed E-state index contributed by atoms with van der Waals surface area (Å²) in [7, 11) is 0. The lowest BCUT2D eigenvalue weighted by atomic mass is 10.0. The third kappa shape index (κ3) is 5.18. The molecule has 0 radical (unpaired) electrons. The molecule has 5 heteroatoms. The molecule has 1 amide bonds. The normalized spacial score (nSPS) is 11.3. The van der Waals surface area contributed by atoms with Crippen LogP contribution in [0.5, 0.6) is 0 Å². The van der Waals surface area contributed by atoms with Crippen LogP contribution in [0.1, 0.15) is 35.0 Å². The van der Waals surface area contributed by atoms with E-state index < -0.39 is 0 Å². The summed E-state index contributed by atoms with van der Waals surface area (Å²) in [5.41, 5.74) is 2.25. The quantitative estimate of drug-likeness (QED) is 0.591. The first kappa shape index (κ1) is 20.5. The molecule has 1 N–H and O–H groups in total. The van der Waals surface area contributed by atoms with E-state index in [2.05, 4.69) is 66.5 Å². The first-order valence-electron chi connectivity index (χ1n) is 10.0. The van der Waals surface area contributed by atoms with Gasteiger partial charge in [-0.2, -0.15) is 0 Å². The third-order valence-corrected chi connectivity index (χ3v) is 6.28. The highest BCUT2D eigenvalue weighted by Gasteiger charge is 2.13. The SMILES string of the molecule is CCN(CC)CCNC(=O)Cc1sc(Cc2cccc3ccccc23)nc1C. The van der Waals surface area contributed by atoms with Crippen LogP contribution in [0.3, 0.4) is 0 Å². The van der Waals surface area contributed by atoms with Crippen molar-refractivity contribution in [2.45, 2.75) is 33.6 Å². The van der Waals surface area contributed by atoms with E-state index in [1.807, 2.05) is 6.92 Å². The Morgan fingerprint density at radius 3 is 2.64 bits per heavy atom. The zero-order chi connectivity index (χ0) is 19.9. The van der Waals surface area contributed by atoms with E-state index in [1.165, 1.54) is 16.3 Å². The van der Waals surface area contributed by atoms with Crippen molar-refractivity contribution in [1.82, 2.24) is 15.2 Å². The molecule has 148 valence electrons. The average molecular weight is 396 g/mol. The fourth-order valence-electron chi connectivity index (χ4n) is 3.44. The number of carbonyl (C=O) groups excluding carboxylic acids is 1. The van der Waals surface area contributed by atoms with Crippen LogP contribution in [0, 0.1) is 6.92 Å². The number of carbonyl (C=O) groups is 1. The van der Waals surface area contributed by atoms with Crippen molar-refractivity contribution in [3.63, 3.8) is 0 Å². The molecular weight excluding hydrogens is 366 g/mol. The Morgan fingerprint density at radius 1 is 1.11 bits per heavy atom. The van der Waals surface area contributed by atoms with Crippen LogP contribution < -0.4 is 5.32 Å². The summed E-state index contributed by atoms with van der Waals surface area (Å²) in [4.78, 5) is 20.4. The number of hydrogen-bond acceptors (Lipinski definition) is 4. The Balaban J connectivity index is 1.62. The zero-order valence-electron chi connectivity index (χ0n) is 17.0. The molecule has 0 aliphatic rings. The Bertz CT molecular complexity index is 925. The summed E-state index contributed by atoms with van der Waals surface area (Å²) in [5, 5.41) is 6.63. The molecular formula is C23H29N3OS. The molecule has 1 heterocycles. The fraction of sp³-hybridized carbons (Fsp3) is 0.391. The van der Waals surface area contributed by atoms with Crippen LogP contribution in [0.4, 0.5) is 0 Å². The van der Waals surface area contributed by atoms with Gasteiger partial charge in [0.2, 0.25) is 5.91 Å². The summed E-state index contributed by atoms with van der Waals surface area (Å²) >= 11 is 1.66. The number of aromatic nitrogens is 1. The monoisotopic (exact) mass is 395 g/mol. The molecule has 0 fully saturated rings. The van der Waals surface area contributed by atoms with Gasteiger partial charge in [-0.05, 0) is 36.3 Å². The maximum Gasteiger partial charge on any atom is 0.225 e. The van der Waals surface area contributed by atoms with Crippen molar-refractivity contribution in [3.8, 4) is 0 Å². The van der Waals surface area contributed by atoms with Gasteiger partial charge < -0.3 is 10.2 Å². The lowest BCUT2D eigenvalue weighted by Gasteiger charge is -2.17. The van der Waals surface area contributed by atoms with E-state index in [9.17, 15) is 4.79 Å². The second-order valence-corrected chi connectivity index (χ2v) is 8.15. The summed E-state index contributed by atoms with van der Waals surface area (Å²) in [5.74, 6) is 0.0793. The van der Waals surface area contributed by atoms with Crippen molar-refractivity contribution in [2.24, 2.45) is 0 Å². The Kier molecular flexibility index (Phi) is 7.18. The second-order valence-electron chi connectivity index (χ2n) is 6.98. The molecule has 0 aliphatic carbocycles. The molecule has 0 aliphatic heterocycles. The summed E-state index contributed by atoms with van der Waals surface area (Å²) in [6, 6.07) is 14.8. The molecule has 4 nitrogen and oxygen atoms in total. The molecule has 0 saturated carbocycles. The molecule has 3 aromatic rings. The smallest absolute Gasteiger partial charge is 0.225 e. The van der Waals surface area contributed by atoms with E-state index in [1.54, 1.807) is 11.3 Å². The van der Waals surface area contributed by atoms with Crippen molar-refractivity contribution < 1.29 is 4.79 Å². The molecule has 0 bridgehead atoms. The van der Waals surface area contributed by atoms with E-state index in [4.69, 9.17) is 4.98 Å². The van der Waals surface area contributed by atoms with Crippen LogP contribution >= 0.6 is 11.3 Å².